The number of benzene rings is 2. The van der Waals surface area contributed by atoms with E-state index in [0.29, 0.717) is 0 Å². The molecule has 0 aromatic heterocycles. The van der Waals surface area contributed by atoms with Gasteiger partial charge in [0.05, 0.1) is 0 Å². The van der Waals surface area contributed by atoms with Crippen LogP contribution in [0, 0.1) is 27.7 Å². The molecule has 2 unspecified atom stereocenters. The molecule has 132 valence electrons. The summed E-state index contributed by atoms with van der Waals surface area (Å²) in [4.78, 5) is 18.1. The molecular formula is C18H26O4P2. The van der Waals surface area contributed by atoms with E-state index in [-0.39, 0.29) is 0 Å². The SMILES string of the molecule is Cc1ccc(OP(C)O)c(C)c1.Cc1ccc(OP(C)O)c(C)c1. The zero-order valence-corrected chi connectivity index (χ0v) is 16.9. The molecule has 0 spiro atoms. The first kappa shape index (κ1) is 20.9. The quantitative estimate of drug-likeness (QED) is 0.726. The number of rotatable bonds is 4. The van der Waals surface area contributed by atoms with Crippen LogP contribution in [0.4, 0.5) is 0 Å². The third-order valence-corrected chi connectivity index (χ3v) is 4.04. The molecule has 0 aliphatic rings. The van der Waals surface area contributed by atoms with Gasteiger partial charge in [0.15, 0.2) is 0 Å². The predicted molar refractivity (Wildman–Crippen MR) is 103 cm³/mol. The third kappa shape index (κ3) is 7.59. The van der Waals surface area contributed by atoms with Gasteiger partial charge in [0.2, 0.25) is 16.8 Å². The molecule has 0 radical (unpaired) electrons. The lowest BCUT2D eigenvalue weighted by Crippen LogP contribution is -1.88. The lowest BCUT2D eigenvalue weighted by atomic mass is 10.1. The van der Waals surface area contributed by atoms with Crippen LogP contribution in [-0.2, 0) is 0 Å². The molecule has 0 aliphatic carbocycles. The van der Waals surface area contributed by atoms with Crippen LogP contribution in [0.1, 0.15) is 22.3 Å². The first-order chi connectivity index (χ1) is 11.2. The van der Waals surface area contributed by atoms with Crippen LogP contribution in [0.15, 0.2) is 36.4 Å². The van der Waals surface area contributed by atoms with Gasteiger partial charge in [-0.15, -0.1) is 0 Å². The Hall–Kier alpha value is -1.18. The molecule has 0 saturated carbocycles. The van der Waals surface area contributed by atoms with Gasteiger partial charge >= 0.3 is 0 Å². The zero-order valence-electron chi connectivity index (χ0n) is 15.1. The van der Waals surface area contributed by atoms with Gasteiger partial charge in [0.1, 0.15) is 11.5 Å². The Morgan fingerprint density at radius 1 is 0.667 bits per heavy atom. The summed E-state index contributed by atoms with van der Waals surface area (Å²) in [6, 6.07) is 11.8. The van der Waals surface area contributed by atoms with Crippen molar-refractivity contribution in [3.8, 4) is 11.5 Å². The van der Waals surface area contributed by atoms with Gasteiger partial charge in [0.25, 0.3) is 0 Å². The molecule has 2 rings (SSSR count). The maximum atomic E-state index is 9.04. The monoisotopic (exact) mass is 368 g/mol. The highest BCUT2D eigenvalue weighted by molar-refractivity contribution is 7.45. The fraction of sp³-hybridized carbons (Fsp3) is 0.333. The second-order valence-electron chi connectivity index (χ2n) is 5.65. The molecule has 4 nitrogen and oxygen atoms in total. The predicted octanol–water partition coefficient (Wildman–Crippen LogP) is 5.23. The van der Waals surface area contributed by atoms with Gasteiger partial charge in [-0.2, -0.15) is 0 Å². The number of aryl methyl sites for hydroxylation is 4. The van der Waals surface area contributed by atoms with Gasteiger partial charge in [-0.05, 0) is 51.0 Å². The van der Waals surface area contributed by atoms with Crippen molar-refractivity contribution in [3.63, 3.8) is 0 Å². The Morgan fingerprint density at radius 3 is 1.25 bits per heavy atom. The molecular weight excluding hydrogens is 342 g/mol. The van der Waals surface area contributed by atoms with Crippen LogP contribution >= 0.6 is 16.8 Å². The fourth-order valence-corrected chi connectivity index (χ4v) is 3.07. The maximum Gasteiger partial charge on any atom is 0.224 e. The summed E-state index contributed by atoms with van der Waals surface area (Å²) in [5, 5.41) is 0. The van der Waals surface area contributed by atoms with Crippen molar-refractivity contribution < 1.29 is 18.8 Å². The van der Waals surface area contributed by atoms with Crippen LogP contribution in [0.3, 0.4) is 0 Å². The summed E-state index contributed by atoms with van der Waals surface area (Å²) in [6.07, 6.45) is 0. The topological polar surface area (TPSA) is 58.9 Å². The van der Waals surface area contributed by atoms with Crippen LogP contribution in [0.25, 0.3) is 0 Å². The molecule has 0 heterocycles. The normalized spacial score (nSPS) is 12.7. The molecule has 0 aliphatic heterocycles. The Bertz CT molecular complexity index is 600. The molecule has 0 bridgehead atoms. The Morgan fingerprint density at radius 2 is 1.00 bits per heavy atom. The summed E-state index contributed by atoms with van der Waals surface area (Å²) in [5.74, 6) is 1.55. The molecule has 2 aromatic rings. The summed E-state index contributed by atoms with van der Waals surface area (Å²) < 4.78 is 10.4. The van der Waals surface area contributed by atoms with E-state index in [2.05, 4.69) is 0 Å². The van der Waals surface area contributed by atoms with E-state index in [4.69, 9.17) is 18.8 Å². The first-order valence-corrected chi connectivity index (χ1v) is 10.9. The van der Waals surface area contributed by atoms with Crippen LogP contribution in [0.2, 0.25) is 0 Å². The maximum absolute atomic E-state index is 9.04. The van der Waals surface area contributed by atoms with Gasteiger partial charge in [-0.1, -0.05) is 35.4 Å². The van der Waals surface area contributed by atoms with Crippen molar-refractivity contribution in [2.75, 3.05) is 13.3 Å². The average Bonchev–Trinajstić information content (AvgIpc) is 2.45. The lowest BCUT2D eigenvalue weighted by molar-refractivity contribution is 0.491. The van der Waals surface area contributed by atoms with Crippen LogP contribution < -0.4 is 9.05 Å². The largest absolute Gasteiger partial charge is 0.447 e. The van der Waals surface area contributed by atoms with E-state index >= 15 is 0 Å². The smallest absolute Gasteiger partial charge is 0.224 e. The standard InChI is InChI=1S/2C9H13O2P/c2*1-7-4-5-9(8(2)6-7)11-12(3)10/h2*4-6,10H,1-3H3. The fourth-order valence-electron chi connectivity index (χ4n) is 2.09. The van der Waals surface area contributed by atoms with Gasteiger partial charge in [-0.25, -0.2) is 0 Å². The molecule has 24 heavy (non-hydrogen) atoms. The minimum absolute atomic E-state index is 0.775. The Balaban J connectivity index is 0.000000240. The molecule has 6 heteroatoms. The van der Waals surface area contributed by atoms with E-state index in [9.17, 15) is 0 Å². The Labute approximate surface area is 147 Å². The van der Waals surface area contributed by atoms with Crippen LogP contribution in [0.5, 0.6) is 11.5 Å². The second kappa shape index (κ2) is 9.96. The van der Waals surface area contributed by atoms with Gasteiger partial charge < -0.3 is 18.8 Å². The molecule has 0 fully saturated rings. The lowest BCUT2D eigenvalue weighted by Gasteiger charge is -2.10. The van der Waals surface area contributed by atoms with Crippen molar-refractivity contribution in [2.45, 2.75) is 27.7 Å². The molecule has 2 N–H and O–H groups in total. The highest BCUT2D eigenvalue weighted by Gasteiger charge is 2.03. The number of hydrogen-bond donors (Lipinski definition) is 2. The summed E-state index contributed by atoms with van der Waals surface area (Å²) >= 11 is 0. The molecule has 0 amide bonds. The minimum Gasteiger partial charge on any atom is -0.447 e. The van der Waals surface area contributed by atoms with Crippen molar-refractivity contribution in [1.82, 2.24) is 0 Å². The highest BCUT2D eigenvalue weighted by atomic mass is 31.2. The van der Waals surface area contributed by atoms with Crippen molar-refractivity contribution >= 4 is 16.8 Å². The van der Waals surface area contributed by atoms with Crippen molar-refractivity contribution in [2.24, 2.45) is 0 Å². The van der Waals surface area contributed by atoms with Crippen LogP contribution in [-0.4, -0.2) is 23.1 Å². The molecule has 0 saturated heterocycles. The highest BCUT2D eigenvalue weighted by Crippen LogP contribution is 2.32. The van der Waals surface area contributed by atoms with E-state index in [1.165, 1.54) is 11.1 Å². The second-order valence-corrected chi connectivity index (χ2v) is 7.87. The van der Waals surface area contributed by atoms with Gasteiger partial charge in [0, 0.05) is 13.3 Å². The molecule has 2 aromatic carbocycles. The average molecular weight is 368 g/mol. The Kier molecular flexibility index (Phi) is 8.66. The van der Waals surface area contributed by atoms with Gasteiger partial charge in [-0.3, -0.25) is 0 Å². The number of hydrogen-bond acceptors (Lipinski definition) is 4. The van der Waals surface area contributed by atoms with Crippen molar-refractivity contribution in [3.05, 3.63) is 58.7 Å². The zero-order chi connectivity index (χ0) is 18.3. The third-order valence-electron chi connectivity index (χ3n) is 3.12. The summed E-state index contributed by atoms with van der Waals surface area (Å²) in [5.41, 5.74) is 4.55. The van der Waals surface area contributed by atoms with E-state index < -0.39 is 16.8 Å². The first-order valence-electron chi connectivity index (χ1n) is 7.54. The van der Waals surface area contributed by atoms with E-state index in [0.717, 1.165) is 22.6 Å². The summed E-state index contributed by atoms with van der Waals surface area (Å²) in [7, 11) is -2.61. The van der Waals surface area contributed by atoms with E-state index in [1.54, 1.807) is 13.3 Å². The van der Waals surface area contributed by atoms with E-state index in [1.807, 2.05) is 64.1 Å². The minimum atomic E-state index is -1.30. The summed E-state index contributed by atoms with van der Waals surface area (Å²) in [6.45, 7) is 11.3. The molecule has 2 atom stereocenters. The van der Waals surface area contributed by atoms with Crippen molar-refractivity contribution in [1.29, 1.82) is 0 Å².